The zero-order chi connectivity index (χ0) is 9.78. The third-order valence-electron chi connectivity index (χ3n) is 1.03. The van der Waals surface area contributed by atoms with Crippen molar-refractivity contribution in [2.45, 2.75) is 12.2 Å². The number of halogens is 3. The van der Waals surface area contributed by atoms with Crippen LogP contribution in [0.1, 0.15) is 0 Å². The molecule has 0 radical (unpaired) electrons. The van der Waals surface area contributed by atoms with Crippen LogP contribution in [0.3, 0.4) is 0 Å². The summed E-state index contributed by atoms with van der Waals surface area (Å²) in [4.78, 5) is 10.1. The van der Waals surface area contributed by atoms with Crippen LogP contribution in [-0.2, 0) is 4.79 Å². The van der Waals surface area contributed by atoms with Crippen molar-refractivity contribution in [3.8, 4) is 0 Å². The molecule has 0 atom stereocenters. The summed E-state index contributed by atoms with van der Waals surface area (Å²) >= 11 is 0. The zero-order valence-corrected chi connectivity index (χ0v) is 5.93. The molecule has 0 unspecified atom stereocenters. The summed E-state index contributed by atoms with van der Waals surface area (Å²) in [7, 11) is 0. The van der Waals surface area contributed by atoms with E-state index in [4.69, 9.17) is 10.2 Å². The van der Waals surface area contributed by atoms with Gasteiger partial charge in [-0.25, -0.2) is 0 Å². The maximum Gasteiger partial charge on any atom is 0.471 e. The molecule has 0 aromatic carbocycles. The predicted molar refractivity (Wildman–Crippen MR) is 32.2 cm³/mol. The Balaban J connectivity index is 3.99. The largest absolute Gasteiger partial charge is 0.471 e. The van der Waals surface area contributed by atoms with Crippen LogP contribution in [0.2, 0.25) is 0 Å². The molecule has 0 aliphatic carbocycles. The number of nitrogens with one attached hydrogen (secondary N) is 1. The molecule has 0 aromatic rings. The van der Waals surface area contributed by atoms with E-state index in [-0.39, 0.29) is 0 Å². The number of aliphatic hydroxyl groups excluding tert-OH is 2. The van der Waals surface area contributed by atoms with Gasteiger partial charge in [0.25, 0.3) is 0 Å². The van der Waals surface area contributed by atoms with Gasteiger partial charge < -0.3 is 15.5 Å². The minimum Gasteiger partial charge on any atom is -0.394 e. The average molecular weight is 187 g/mol. The van der Waals surface area contributed by atoms with Gasteiger partial charge in [-0.2, -0.15) is 13.2 Å². The number of hydrogen-bond acceptors (Lipinski definition) is 3. The lowest BCUT2D eigenvalue weighted by atomic mass is 10.3. The van der Waals surface area contributed by atoms with Crippen LogP contribution in [0.4, 0.5) is 13.2 Å². The second-order valence-electron chi connectivity index (χ2n) is 2.03. The van der Waals surface area contributed by atoms with Crippen molar-refractivity contribution in [1.82, 2.24) is 5.32 Å². The molecule has 1 amide bonds. The van der Waals surface area contributed by atoms with Crippen LogP contribution in [0.15, 0.2) is 0 Å². The molecule has 0 fully saturated rings. The Morgan fingerprint density at radius 3 is 2.00 bits per heavy atom. The number of carbonyl (C=O) groups is 1. The SMILES string of the molecule is O=C(NC(CO)CO)C(F)(F)F. The van der Waals surface area contributed by atoms with Gasteiger partial charge in [0.05, 0.1) is 19.3 Å². The Morgan fingerprint density at radius 1 is 1.33 bits per heavy atom. The zero-order valence-electron chi connectivity index (χ0n) is 5.93. The van der Waals surface area contributed by atoms with Crippen LogP contribution < -0.4 is 5.32 Å². The van der Waals surface area contributed by atoms with Crippen molar-refractivity contribution in [1.29, 1.82) is 0 Å². The molecule has 72 valence electrons. The Kier molecular flexibility index (Phi) is 3.98. The Hall–Kier alpha value is -0.820. The average Bonchev–Trinajstić information content (AvgIpc) is 1.97. The van der Waals surface area contributed by atoms with Crippen molar-refractivity contribution in [3.05, 3.63) is 0 Å². The maximum absolute atomic E-state index is 11.5. The summed E-state index contributed by atoms with van der Waals surface area (Å²) in [6.07, 6.45) is -4.98. The fraction of sp³-hybridized carbons (Fsp3) is 0.800. The molecule has 0 saturated carbocycles. The fourth-order valence-electron chi connectivity index (χ4n) is 0.416. The monoisotopic (exact) mass is 187 g/mol. The fourth-order valence-corrected chi connectivity index (χ4v) is 0.416. The van der Waals surface area contributed by atoms with E-state index < -0.39 is 31.3 Å². The normalized spacial score (nSPS) is 11.8. The molecule has 4 nitrogen and oxygen atoms in total. The molecule has 0 aromatic heterocycles. The van der Waals surface area contributed by atoms with Gasteiger partial charge in [-0.15, -0.1) is 0 Å². The quantitative estimate of drug-likeness (QED) is 0.531. The summed E-state index contributed by atoms with van der Waals surface area (Å²) in [6.45, 7) is -1.48. The van der Waals surface area contributed by atoms with E-state index >= 15 is 0 Å². The number of amides is 1. The molecule has 0 spiro atoms. The second kappa shape index (κ2) is 4.27. The first-order valence-corrected chi connectivity index (χ1v) is 3.01. The molecule has 0 aliphatic heterocycles. The summed E-state index contributed by atoms with van der Waals surface area (Å²) < 4.78 is 34.5. The highest BCUT2D eigenvalue weighted by Crippen LogP contribution is 2.14. The van der Waals surface area contributed by atoms with Crippen molar-refractivity contribution in [2.24, 2.45) is 0 Å². The molecule has 12 heavy (non-hydrogen) atoms. The number of aliphatic hydroxyl groups is 2. The van der Waals surface area contributed by atoms with Crippen molar-refractivity contribution in [3.63, 3.8) is 0 Å². The third kappa shape index (κ3) is 3.54. The van der Waals surface area contributed by atoms with Crippen molar-refractivity contribution in [2.75, 3.05) is 13.2 Å². The van der Waals surface area contributed by atoms with Gasteiger partial charge in [0, 0.05) is 0 Å². The van der Waals surface area contributed by atoms with Gasteiger partial charge in [-0.3, -0.25) is 4.79 Å². The maximum atomic E-state index is 11.5. The van der Waals surface area contributed by atoms with E-state index in [1.165, 1.54) is 5.32 Å². The van der Waals surface area contributed by atoms with Gasteiger partial charge in [-0.05, 0) is 0 Å². The summed E-state index contributed by atoms with van der Waals surface area (Å²) in [5.41, 5.74) is 0. The van der Waals surface area contributed by atoms with Gasteiger partial charge in [0.1, 0.15) is 0 Å². The van der Waals surface area contributed by atoms with E-state index in [2.05, 4.69) is 0 Å². The highest BCUT2D eigenvalue weighted by Gasteiger charge is 2.39. The van der Waals surface area contributed by atoms with E-state index in [9.17, 15) is 18.0 Å². The summed E-state index contributed by atoms with van der Waals surface area (Å²) in [6, 6.07) is -1.26. The molecule has 7 heteroatoms. The summed E-state index contributed by atoms with van der Waals surface area (Å²) in [5, 5.41) is 18.0. The number of hydrogen-bond donors (Lipinski definition) is 3. The number of carbonyl (C=O) groups excluding carboxylic acids is 1. The topological polar surface area (TPSA) is 69.6 Å². The Labute approximate surface area is 66.0 Å². The lowest BCUT2D eigenvalue weighted by Gasteiger charge is -2.14. The molecule has 0 heterocycles. The standard InChI is InChI=1S/C5H8F3NO3/c6-5(7,8)4(12)9-3(1-10)2-11/h3,10-11H,1-2H2,(H,9,12). The first-order chi connectivity index (χ1) is 5.41. The molecule has 0 bridgehead atoms. The Morgan fingerprint density at radius 2 is 1.75 bits per heavy atom. The van der Waals surface area contributed by atoms with Crippen LogP contribution in [0.25, 0.3) is 0 Å². The van der Waals surface area contributed by atoms with Crippen LogP contribution in [0.5, 0.6) is 0 Å². The van der Waals surface area contributed by atoms with Crippen molar-refractivity contribution >= 4 is 5.91 Å². The molecular weight excluding hydrogens is 179 g/mol. The van der Waals surface area contributed by atoms with Gasteiger partial charge in [0.15, 0.2) is 0 Å². The van der Waals surface area contributed by atoms with Crippen LogP contribution in [-0.4, -0.2) is 41.6 Å². The second-order valence-corrected chi connectivity index (χ2v) is 2.03. The first-order valence-electron chi connectivity index (χ1n) is 3.01. The predicted octanol–water partition coefficient (Wildman–Crippen LogP) is -0.982. The molecular formula is C5H8F3NO3. The summed E-state index contributed by atoms with van der Waals surface area (Å²) in [5.74, 6) is -2.17. The third-order valence-corrected chi connectivity index (χ3v) is 1.03. The molecule has 0 aliphatic rings. The minimum absolute atomic E-state index is 0.738. The molecule has 0 rings (SSSR count). The highest BCUT2D eigenvalue weighted by atomic mass is 19.4. The van der Waals surface area contributed by atoms with E-state index in [0.717, 1.165) is 0 Å². The van der Waals surface area contributed by atoms with Gasteiger partial charge >= 0.3 is 12.1 Å². The number of alkyl halides is 3. The van der Waals surface area contributed by atoms with E-state index in [1.807, 2.05) is 0 Å². The van der Waals surface area contributed by atoms with Gasteiger partial charge in [0.2, 0.25) is 0 Å². The van der Waals surface area contributed by atoms with Crippen LogP contribution >= 0.6 is 0 Å². The molecule has 0 saturated heterocycles. The minimum atomic E-state index is -4.98. The van der Waals surface area contributed by atoms with E-state index in [1.54, 1.807) is 0 Å². The smallest absolute Gasteiger partial charge is 0.394 e. The van der Waals surface area contributed by atoms with Crippen molar-refractivity contribution < 1.29 is 28.2 Å². The first kappa shape index (κ1) is 11.2. The lowest BCUT2D eigenvalue weighted by Crippen LogP contribution is -2.46. The van der Waals surface area contributed by atoms with Gasteiger partial charge in [-0.1, -0.05) is 0 Å². The Bertz CT molecular complexity index is 155. The molecule has 3 N–H and O–H groups in total. The van der Waals surface area contributed by atoms with Crippen LogP contribution in [0, 0.1) is 0 Å². The number of rotatable bonds is 3. The van der Waals surface area contributed by atoms with E-state index in [0.29, 0.717) is 0 Å². The highest BCUT2D eigenvalue weighted by molar-refractivity contribution is 5.81. The lowest BCUT2D eigenvalue weighted by molar-refractivity contribution is -0.174.